The Morgan fingerprint density at radius 1 is 0.923 bits per heavy atom. The van der Waals surface area contributed by atoms with Gasteiger partial charge in [-0.1, -0.05) is 12.1 Å². The van der Waals surface area contributed by atoms with Gasteiger partial charge in [-0.3, -0.25) is 0 Å². The molecule has 26 heavy (non-hydrogen) atoms. The van der Waals surface area contributed by atoms with E-state index in [4.69, 9.17) is 4.98 Å². The summed E-state index contributed by atoms with van der Waals surface area (Å²) in [6, 6.07) is 10.2. The molecule has 1 saturated heterocycles. The fourth-order valence-electron chi connectivity index (χ4n) is 3.27. The molecule has 4 rings (SSSR count). The minimum atomic E-state index is 0.806. The Bertz CT molecular complexity index is 911. The summed E-state index contributed by atoms with van der Waals surface area (Å²) in [6.45, 7) is 5.52. The van der Waals surface area contributed by atoms with E-state index in [-0.39, 0.29) is 0 Å². The number of benzene rings is 1. The van der Waals surface area contributed by atoms with Gasteiger partial charge in [0.05, 0.1) is 5.52 Å². The van der Waals surface area contributed by atoms with E-state index in [0.717, 1.165) is 60.4 Å². The van der Waals surface area contributed by atoms with Crippen molar-refractivity contribution in [3.8, 4) is 0 Å². The molecule has 1 aliphatic rings. The highest BCUT2D eigenvalue weighted by Gasteiger charge is 2.22. The van der Waals surface area contributed by atoms with Crippen LogP contribution in [0, 0.1) is 6.92 Å². The molecule has 0 N–H and O–H groups in total. The van der Waals surface area contributed by atoms with Crippen molar-refractivity contribution >= 4 is 28.5 Å². The van der Waals surface area contributed by atoms with Crippen LogP contribution in [0.25, 0.3) is 10.9 Å². The molecule has 0 bridgehead atoms. The van der Waals surface area contributed by atoms with Crippen LogP contribution in [0.15, 0.2) is 36.7 Å². The van der Waals surface area contributed by atoms with Crippen molar-refractivity contribution < 1.29 is 0 Å². The van der Waals surface area contributed by atoms with Gasteiger partial charge in [0.15, 0.2) is 0 Å². The van der Waals surface area contributed by atoms with Crippen LogP contribution >= 0.6 is 0 Å². The normalized spacial score (nSPS) is 14.7. The maximum Gasteiger partial charge on any atom is 0.227 e. The first-order chi connectivity index (χ1) is 12.6. The minimum Gasteiger partial charge on any atom is -0.363 e. The smallest absolute Gasteiger partial charge is 0.227 e. The SMILES string of the molecule is Cc1cc(N(C)C)nc(N2CCN(c3ncnc4ccccc34)CC2)n1. The molecule has 0 aliphatic carbocycles. The van der Waals surface area contributed by atoms with E-state index in [0.29, 0.717) is 0 Å². The Balaban J connectivity index is 1.54. The van der Waals surface area contributed by atoms with Crippen molar-refractivity contribution in [2.75, 3.05) is 55.0 Å². The van der Waals surface area contributed by atoms with Crippen LogP contribution in [-0.4, -0.2) is 60.2 Å². The number of hydrogen-bond donors (Lipinski definition) is 0. The lowest BCUT2D eigenvalue weighted by Crippen LogP contribution is -2.47. The van der Waals surface area contributed by atoms with Crippen molar-refractivity contribution in [1.82, 2.24) is 19.9 Å². The molecule has 3 heterocycles. The molecule has 1 fully saturated rings. The summed E-state index contributed by atoms with van der Waals surface area (Å²) < 4.78 is 0. The number of aryl methyl sites for hydroxylation is 1. The average Bonchev–Trinajstić information content (AvgIpc) is 2.67. The number of nitrogens with zero attached hydrogens (tertiary/aromatic N) is 7. The number of rotatable bonds is 3. The van der Waals surface area contributed by atoms with E-state index in [1.54, 1.807) is 6.33 Å². The van der Waals surface area contributed by atoms with Crippen LogP contribution in [-0.2, 0) is 0 Å². The largest absolute Gasteiger partial charge is 0.363 e. The first-order valence-electron chi connectivity index (χ1n) is 8.84. The van der Waals surface area contributed by atoms with Crippen molar-refractivity contribution in [2.45, 2.75) is 6.92 Å². The van der Waals surface area contributed by atoms with Crippen LogP contribution in [0.3, 0.4) is 0 Å². The van der Waals surface area contributed by atoms with Crippen LogP contribution in [0.1, 0.15) is 5.69 Å². The van der Waals surface area contributed by atoms with Gasteiger partial charge in [-0.25, -0.2) is 15.0 Å². The van der Waals surface area contributed by atoms with Gasteiger partial charge in [-0.15, -0.1) is 0 Å². The first-order valence-corrected chi connectivity index (χ1v) is 8.84. The molecule has 0 radical (unpaired) electrons. The van der Waals surface area contributed by atoms with Crippen LogP contribution in [0.4, 0.5) is 17.6 Å². The fraction of sp³-hybridized carbons (Fsp3) is 0.368. The zero-order valence-corrected chi connectivity index (χ0v) is 15.4. The van der Waals surface area contributed by atoms with Gasteiger partial charge < -0.3 is 14.7 Å². The van der Waals surface area contributed by atoms with E-state index in [2.05, 4.69) is 30.8 Å². The summed E-state index contributed by atoms with van der Waals surface area (Å²) in [7, 11) is 4.01. The summed E-state index contributed by atoms with van der Waals surface area (Å²) in [5.41, 5.74) is 1.97. The van der Waals surface area contributed by atoms with Crippen molar-refractivity contribution in [2.24, 2.45) is 0 Å². The van der Waals surface area contributed by atoms with E-state index < -0.39 is 0 Å². The highest BCUT2D eigenvalue weighted by atomic mass is 15.3. The lowest BCUT2D eigenvalue weighted by molar-refractivity contribution is 0.635. The summed E-state index contributed by atoms with van der Waals surface area (Å²) >= 11 is 0. The molecule has 134 valence electrons. The Morgan fingerprint density at radius 2 is 1.65 bits per heavy atom. The van der Waals surface area contributed by atoms with Crippen molar-refractivity contribution in [3.63, 3.8) is 0 Å². The molecule has 7 heteroatoms. The summed E-state index contributed by atoms with van der Waals surface area (Å²) in [5.74, 6) is 2.76. The zero-order valence-electron chi connectivity index (χ0n) is 15.4. The van der Waals surface area contributed by atoms with Gasteiger partial charge >= 0.3 is 0 Å². The van der Waals surface area contributed by atoms with Gasteiger partial charge in [-0.2, -0.15) is 4.98 Å². The van der Waals surface area contributed by atoms with Crippen LogP contribution < -0.4 is 14.7 Å². The van der Waals surface area contributed by atoms with E-state index in [1.807, 2.05) is 50.2 Å². The molecule has 1 aliphatic heterocycles. The van der Waals surface area contributed by atoms with Crippen LogP contribution in [0.5, 0.6) is 0 Å². The predicted molar refractivity (Wildman–Crippen MR) is 105 cm³/mol. The molecular formula is C19H23N7. The van der Waals surface area contributed by atoms with Gasteiger partial charge in [-0.05, 0) is 19.1 Å². The van der Waals surface area contributed by atoms with E-state index in [9.17, 15) is 0 Å². The second-order valence-electron chi connectivity index (χ2n) is 6.75. The lowest BCUT2D eigenvalue weighted by Gasteiger charge is -2.36. The lowest BCUT2D eigenvalue weighted by atomic mass is 10.2. The maximum absolute atomic E-state index is 4.70. The predicted octanol–water partition coefficient (Wildman–Crippen LogP) is 2.12. The van der Waals surface area contributed by atoms with Gasteiger partial charge in [0.2, 0.25) is 5.95 Å². The number of fused-ring (bicyclic) bond motifs is 1. The first kappa shape index (κ1) is 16.5. The second-order valence-corrected chi connectivity index (χ2v) is 6.75. The zero-order chi connectivity index (χ0) is 18.1. The highest BCUT2D eigenvalue weighted by Crippen LogP contribution is 2.24. The molecule has 2 aromatic heterocycles. The van der Waals surface area contributed by atoms with Gasteiger partial charge in [0.1, 0.15) is 18.0 Å². The third kappa shape index (κ3) is 3.12. The third-order valence-electron chi connectivity index (χ3n) is 4.67. The van der Waals surface area contributed by atoms with Crippen LogP contribution in [0.2, 0.25) is 0 Å². The van der Waals surface area contributed by atoms with Gasteiger partial charge in [0, 0.05) is 57.4 Å². The standard InChI is InChI=1S/C19H23N7/c1-14-12-17(24(2)3)23-19(22-14)26-10-8-25(9-11-26)18-15-6-4-5-7-16(15)20-13-21-18/h4-7,12-13H,8-11H2,1-3H3. The highest BCUT2D eigenvalue weighted by molar-refractivity contribution is 5.89. The Morgan fingerprint density at radius 3 is 2.42 bits per heavy atom. The number of aromatic nitrogens is 4. The van der Waals surface area contributed by atoms with E-state index in [1.165, 1.54) is 0 Å². The molecule has 1 aromatic carbocycles. The monoisotopic (exact) mass is 349 g/mol. The molecule has 0 amide bonds. The second kappa shape index (κ2) is 6.74. The maximum atomic E-state index is 4.70. The number of anilines is 3. The molecular weight excluding hydrogens is 326 g/mol. The molecule has 0 atom stereocenters. The Labute approximate surface area is 153 Å². The number of piperazine rings is 1. The van der Waals surface area contributed by atoms with Crippen molar-refractivity contribution in [3.05, 3.63) is 42.4 Å². The topological polar surface area (TPSA) is 61.3 Å². The Kier molecular flexibility index (Phi) is 4.28. The van der Waals surface area contributed by atoms with E-state index >= 15 is 0 Å². The molecule has 0 spiro atoms. The fourth-order valence-corrected chi connectivity index (χ4v) is 3.27. The molecule has 7 nitrogen and oxygen atoms in total. The number of hydrogen-bond acceptors (Lipinski definition) is 7. The minimum absolute atomic E-state index is 0.806. The summed E-state index contributed by atoms with van der Waals surface area (Å²) in [4.78, 5) is 24.8. The van der Waals surface area contributed by atoms with Crippen molar-refractivity contribution in [1.29, 1.82) is 0 Å². The molecule has 0 unspecified atom stereocenters. The Hall–Kier alpha value is -2.96. The summed E-state index contributed by atoms with van der Waals surface area (Å²) in [6.07, 6.45) is 1.65. The average molecular weight is 349 g/mol. The number of para-hydroxylation sites is 1. The summed E-state index contributed by atoms with van der Waals surface area (Å²) in [5, 5.41) is 1.10. The quantitative estimate of drug-likeness (QED) is 0.718. The molecule has 3 aromatic rings. The van der Waals surface area contributed by atoms with Gasteiger partial charge in [0.25, 0.3) is 0 Å². The third-order valence-corrected chi connectivity index (χ3v) is 4.67. The molecule has 0 saturated carbocycles.